The third-order valence-electron chi connectivity index (χ3n) is 1.98. The summed E-state index contributed by atoms with van der Waals surface area (Å²) in [5, 5.41) is 15.5. The summed E-state index contributed by atoms with van der Waals surface area (Å²) >= 11 is 1.63. The number of thiazole rings is 1. The highest BCUT2D eigenvalue weighted by Gasteiger charge is 2.07. The van der Waals surface area contributed by atoms with Gasteiger partial charge in [-0.25, -0.2) is 4.98 Å². The van der Waals surface area contributed by atoms with Crippen molar-refractivity contribution < 1.29 is 5.11 Å². The Morgan fingerprint density at radius 2 is 2.29 bits per heavy atom. The molecule has 0 amide bonds. The monoisotopic (exact) mass is 214 g/mol. The van der Waals surface area contributed by atoms with E-state index in [1.807, 2.05) is 0 Å². The molecular formula is C10H18N2OS. The topological polar surface area (TPSA) is 45.1 Å². The Kier molecular flexibility index (Phi) is 4.35. The van der Waals surface area contributed by atoms with E-state index < -0.39 is 0 Å². The van der Waals surface area contributed by atoms with E-state index in [-0.39, 0.29) is 12.1 Å². The molecule has 80 valence electrons. The number of hydrogen-bond donors (Lipinski definition) is 2. The van der Waals surface area contributed by atoms with Crippen molar-refractivity contribution >= 4 is 16.5 Å². The highest BCUT2D eigenvalue weighted by molar-refractivity contribution is 7.13. The zero-order chi connectivity index (χ0) is 10.6. The van der Waals surface area contributed by atoms with Crippen LogP contribution in [0.1, 0.15) is 32.9 Å². The van der Waals surface area contributed by atoms with Gasteiger partial charge in [0.2, 0.25) is 0 Å². The Labute approximate surface area is 89.2 Å². The van der Waals surface area contributed by atoms with Crippen molar-refractivity contribution in [3.8, 4) is 0 Å². The molecule has 1 rings (SSSR count). The molecule has 3 nitrogen and oxygen atoms in total. The minimum atomic E-state index is -0.261. The van der Waals surface area contributed by atoms with Crippen LogP contribution < -0.4 is 5.32 Å². The van der Waals surface area contributed by atoms with E-state index in [0.29, 0.717) is 0 Å². The molecule has 14 heavy (non-hydrogen) atoms. The summed E-state index contributed by atoms with van der Waals surface area (Å²) in [6, 6.07) is 0.269. The number of anilines is 1. The van der Waals surface area contributed by atoms with Crippen LogP contribution in [0.5, 0.6) is 0 Å². The Bertz CT molecular complexity index is 273. The van der Waals surface area contributed by atoms with Gasteiger partial charge in [-0.2, -0.15) is 0 Å². The molecule has 0 aromatic carbocycles. The molecule has 0 fully saturated rings. The summed E-state index contributed by atoms with van der Waals surface area (Å²) in [6.07, 6.45) is 1.47. The molecule has 0 saturated carbocycles. The molecule has 0 spiro atoms. The molecule has 4 heteroatoms. The van der Waals surface area contributed by atoms with Crippen molar-refractivity contribution in [2.24, 2.45) is 0 Å². The van der Waals surface area contributed by atoms with Crippen LogP contribution in [0.3, 0.4) is 0 Å². The third kappa shape index (κ3) is 3.64. The minimum Gasteiger partial charge on any atom is -0.393 e. The zero-order valence-corrected chi connectivity index (χ0v) is 9.77. The average molecular weight is 214 g/mol. The van der Waals surface area contributed by atoms with Gasteiger partial charge in [-0.15, -0.1) is 11.3 Å². The van der Waals surface area contributed by atoms with Crippen LogP contribution in [0, 0.1) is 0 Å². The standard InChI is InChI=1S/C10H18N2OS/c1-4-9-6-14-10(12-9)11-7(2)5-8(3)13/h6-8,13H,4-5H2,1-3H3,(H,11,12). The highest BCUT2D eigenvalue weighted by Crippen LogP contribution is 2.17. The lowest BCUT2D eigenvalue weighted by Crippen LogP contribution is -2.20. The average Bonchev–Trinajstić information content (AvgIpc) is 2.50. The van der Waals surface area contributed by atoms with Crippen molar-refractivity contribution in [1.29, 1.82) is 0 Å². The summed E-state index contributed by atoms with van der Waals surface area (Å²) in [5.74, 6) is 0. The van der Waals surface area contributed by atoms with E-state index in [1.165, 1.54) is 0 Å². The molecule has 1 aromatic heterocycles. The predicted octanol–water partition coefficient (Wildman–Crippen LogP) is 2.28. The van der Waals surface area contributed by atoms with Gasteiger partial charge in [0.05, 0.1) is 11.8 Å². The van der Waals surface area contributed by atoms with Gasteiger partial charge in [0.1, 0.15) is 0 Å². The lowest BCUT2D eigenvalue weighted by Gasteiger charge is -2.14. The van der Waals surface area contributed by atoms with Gasteiger partial charge in [0.25, 0.3) is 0 Å². The third-order valence-corrected chi connectivity index (χ3v) is 2.80. The second-order valence-electron chi connectivity index (χ2n) is 3.63. The number of aromatic nitrogens is 1. The summed E-state index contributed by atoms with van der Waals surface area (Å²) < 4.78 is 0. The van der Waals surface area contributed by atoms with E-state index in [0.717, 1.165) is 23.7 Å². The first-order valence-corrected chi connectivity index (χ1v) is 5.88. The van der Waals surface area contributed by atoms with Crippen LogP contribution in [0.25, 0.3) is 0 Å². The Morgan fingerprint density at radius 1 is 1.57 bits per heavy atom. The van der Waals surface area contributed by atoms with Gasteiger partial charge in [-0.3, -0.25) is 0 Å². The molecule has 0 aliphatic carbocycles. The Morgan fingerprint density at radius 3 is 2.79 bits per heavy atom. The first kappa shape index (κ1) is 11.5. The van der Waals surface area contributed by atoms with Crippen molar-refractivity contribution in [2.75, 3.05) is 5.32 Å². The number of aliphatic hydroxyl groups is 1. The molecule has 1 aromatic rings. The first-order valence-electron chi connectivity index (χ1n) is 5.00. The molecule has 0 aliphatic rings. The SMILES string of the molecule is CCc1csc(NC(C)CC(C)O)n1. The molecule has 2 N–H and O–H groups in total. The van der Waals surface area contributed by atoms with E-state index in [9.17, 15) is 5.11 Å². The van der Waals surface area contributed by atoms with Crippen LogP contribution in [0.2, 0.25) is 0 Å². The number of rotatable bonds is 5. The van der Waals surface area contributed by atoms with Crippen molar-refractivity contribution in [3.63, 3.8) is 0 Å². The minimum absolute atomic E-state index is 0.261. The quantitative estimate of drug-likeness (QED) is 0.790. The second kappa shape index (κ2) is 5.32. The molecule has 1 heterocycles. The van der Waals surface area contributed by atoms with E-state index in [1.54, 1.807) is 18.3 Å². The van der Waals surface area contributed by atoms with Crippen molar-refractivity contribution in [3.05, 3.63) is 11.1 Å². The lowest BCUT2D eigenvalue weighted by atomic mass is 10.2. The van der Waals surface area contributed by atoms with Crippen molar-refractivity contribution in [2.45, 2.75) is 45.8 Å². The molecule has 2 atom stereocenters. The van der Waals surface area contributed by atoms with E-state index in [2.05, 4.69) is 29.5 Å². The van der Waals surface area contributed by atoms with Gasteiger partial charge >= 0.3 is 0 Å². The van der Waals surface area contributed by atoms with Gasteiger partial charge in [-0.1, -0.05) is 6.92 Å². The van der Waals surface area contributed by atoms with Crippen LogP contribution >= 0.6 is 11.3 Å². The normalized spacial score (nSPS) is 15.1. The van der Waals surface area contributed by atoms with Gasteiger partial charge < -0.3 is 10.4 Å². The van der Waals surface area contributed by atoms with Crippen molar-refractivity contribution in [1.82, 2.24) is 4.98 Å². The van der Waals surface area contributed by atoms with Gasteiger partial charge in [0, 0.05) is 11.4 Å². The maximum Gasteiger partial charge on any atom is 0.183 e. The Hall–Kier alpha value is -0.610. The maximum atomic E-state index is 9.20. The number of hydrogen-bond acceptors (Lipinski definition) is 4. The fraction of sp³-hybridized carbons (Fsp3) is 0.700. The summed E-state index contributed by atoms with van der Waals surface area (Å²) in [4.78, 5) is 4.40. The number of nitrogens with zero attached hydrogens (tertiary/aromatic N) is 1. The smallest absolute Gasteiger partial charge is 0.183 e. The van der Waals surface area contributed by atoms with E-state index >= 15 is 0 Å². The van der Waals surface area contributed by atoms with Gasteiger partial charge in [0.15, 0.2) is 5.13 Å². The number of aryl methyl sites for hydroxylation is 1. The summed E-state index contributed by atoms with van der Waals surface area (Å²) in [5.41, 5.74) is 1.13. The molecule has 0 aliphatic heterocycles. The number of nitrogens with one attached hydrogen (secondary N) is 1. The zero-order valence-electron chi connectivity index (χ0n) is 8.95. The maximum absolute atomic E-state index is 9.20. The van der Waals surface area contributed by atoms with Crippen LogP contribution in [0.4, 0.5) is 5.13 Å². The fourth-order valence-corrected chi connectivity index (χ4v) is 2.22. The predicted molar refractivity (Wildman–Crippen MR) is 60.9 cm³/mol. The first-order chi connectivity index (χ1) is 6.61. The summed E-state index contributed by atoms with van der Waals surface area (Å²) in [7, 11) is 0. The van der Waals surface area contributed by atoms with E-state index in [4.69, 9.17) is 0 Å². The number of aliphatic hydroxyl groups excluding tert-OH is 1. The molecule has 0 bridgehead atoms. The second-order valence-corrected chi connectivity index (χ2v) is 4.49. The summed E-state index contributed by atoms with van der Waals surface area (Å²) in [6.45, 7) is 5.95. The molecule has 0 radical (unpaired) electrons. The Balaban J connectivity index is 2.43. The molecular weight excluding hydrogens is 196 g/mol. The largest absolute Gasteiger partial charge is 0.393 e. The molecule has 2 unspecified atom stereocenters. The highest BCUT2D eigenvalue weighted by atomic mass is 32.1. The van der Waals surface area contributed by atoms with Crippen LogP contribution in [-0.4, -0.2) is 22.2 Å². The van der Waals surface area contributed by atoms with Gasteiger partial charge in [-0.05, 0) is 26.7 Å². The molecule has 0 saturated heterocycles. The van der Waals surface area contributed by atoms with Crippen LogP contribution in [-0.2, 0) is 6.42 Å². The van der Waals surface area contributed by atoms with Crippen LogP contribution in [0.15, 0.2) is 5.38 Å². The fourth-order valence-electron chi connectivity index (χ4n) is 1.32. The lowest BCUT2D eigenvalue weighted by molar-refractivity contribution is 0.179.